The Morgan fingerprint density at radius 2 is 2.09 bits per heavy atom. The van der Waals surface area contributed by atoms with Gasteiger partial charge < -0.3 is 10.6 Å². The van der Waals surface area contributed by atoms with E-state index in [2.05, 4.69) is 46.8 Å². The van der Waals surface area contributed by atoms with E-state index in [4.69, 9.17) is 0 Å². The molecule has 1 fully saturated rings. The lowest BCUT2D eigenvalue weighted by atomic mass is 10.1. The number of nitrogens with one attached hydrogen (secondary N) is 2. The lowest BCUT2D eigenvalue weighted by Crippen LogP contribution is -2.32. The molecule has 1 aliphatic rings. The molecular weight excluding hydrogens is 328 g/mol. The normalized spacial score (nSPS) is 15.3. The van der Waals surface area contributed by atoms with Gasteiger partial charge in [-0.15, -0.1) is 10.2 Å². The van der Waals surface area contributed by atoms with E-state index in [0.717, 1.165) is 28.0 Å². The van der Waals surface area contributed by atoms with Crippen LogP contribution >= 0.6 is 23.1 Å². The molecule has 1 atom stereocenters. The van der Waals surface area contributed by atoms with Gasteiger partial charge in [-0.25, -0.2) is 0 Å². The van der Waals surface area contributed by atoms with Crippen LogP contribution < -0.4 is 10.6 Å². The highest BCUT2D eigenvalue weighted by Gasteiger charge is 2.26. The van der Waals surface area contributed by atoms with Crippen LogP contribution in [-0.2, 0) is 4.79 Å². The largest absolute Gasteiger partial charge is 0.352 e. The smallest absolute Gasteiger partial charge is 0.233 e. The van der Waals surface area contributed by atoms with Crippen molar-refractivity contribution >= 4 is 39.8 Å². The molecule has 0 saturated heterocycles. The van der Waals surface area contributed by atoms with Gasteiger partial charge in [0, 0.05) is 11.7 Å². The maximum Gasteiger partial charge on any atom is 0.233 e. The second-order valence-electron chi connectivity index (χ2n) is 5.84. The third-order valence-corrected chi connectivity index (χ3v) is 5.76. The predicted octanol–water partition coefficient (Wildman–Crippen LogP) is 3.66. The van der Waals surface area contributed by atoms with Gasteiger partial charge in [0.2, 0.25) is 11.0 Å². The van der Waals surface area contributed by atoms with E-state index < -0.39 is 0 Å². The summed E-state index contributed by atoms with van der Waals surface area (Å²) in [6, 6.07) is 6.60. The average Bonchev–Trinajstić information content (AvgIpc) is 3.22. The summed E-state index contributed by atoms with van der Waals surface area (Å²) in [5.74, 6) is 0.0800. The fraction of sp³-hybridized carbons (Fsp3) is 0.438. The fourth-order valence-corrected chi connectivity index (χ4v) is 3.93. The Morgan fingerprint density at radius 3 is 2.78 bits per heavy atom. The molecule has 1 aromatic carbocycles. The average molecular weight is 348 g/mol. The van der Waals surface area contributed by atoms with Gasteiger partial charge in [-0.05, 0) is 56.9 Å². The lowest BCUT2D eigenvalue weighted by molar-refractivity contribution is -0.120. The number of aryl methyl sites for hydroxylation is 2. The number of amides is 1. The highest BCUT2D eigenvalue weighted by Crippen LogP contribution is 2.31. The minimum Gasteiger partial charge on any atom is -0.352 e. The Kier molecular flexibility index (Phi) is 4.87. The number of thioether (sulfide) groups is 1. The number of hydrogen-bond acceptors (Lipinski definition) is 6. The van der Waals surface area contributed by atoms with E-state index in [0.29, 0.717) is 6.04 Å². The monoisotopic (exact) mass is 348 g/mol. The summed E-state index contributed by atoms with van der Waals surface area (Å²) in [6.45, 7) is 6.08. The van der Waals surface area contributed by atoms with E-state index in [-0.39, 0.29) is 11.2 Å². The minimum absolute atomic E-state index is 0.0800. The lowest BCUT2D eigenvalue weighted by Gasteiger charge is -2.08. The van der Waals surface area contributed by atoms with Crippen molar-refractivity contribution in [2.24, 2.45) is 0 Å². The quantitative estimate of drug-likeness (QED) is 0.780. The van der Waals surface area contributed by atoms with Crippen molar-refractivity contribution in [2.45, 2.75) is 49.2 Å². The Morgan fingerprint density at radius 1 is 1.30 bits per heavy atom. The minimum atomic E-state index is -0.155. The topological polar surface area (TPSA) is 66.9 Å². The number of benzene rings is 1. The zero-order chi connectivity index (χ0) is 16.4. The van der Waals surface area contributed by atoms with Gasteiger partial charge in [-0.2, -0.15) is 0 Å². The molecule has 1 heterocycles. The van der Waals surface area contributed by atoms with E-state index in [9.17, 15) is 4.79 Å². The number of nitrogens with zero attached hydrogens (tertiary/aromatic N) is 2. The highest BCUT2D eigenvalue weighted by atomic mass is 32.2. The van der Waals surface area contributed by atoms with Crippen molar-refractivity contribution in [3.8, 4) is 0 Å². The summed E-state index contributed by atoms with van der Waals surface area (Å²) >= 11 is 2.92. The zero-order valence-corrected chi connectivity index (χ0v) is 15.1. The van der Waals surface area contributed by atoms with Crippen molar-refractivity contribution in [3.63, 3.8) is 0 Å². The van der Waals surface area contributed by atoms with Gasteiger partial charge in [-0.1, -0.05) is 29.2 Å². The summed E-state index contributed by atoms with van der Waals surface area (Å²) in [6.07, 6.45) is 2.21. The van der Waals surface area contributed by atoms with Gasteiger partial charge in [-0.3, -0.25) is 4.79 Å². The number of hydrogen-bond donors (Lipinski definition) is 2. The summed E-state index contributed by atoms with van der Waals surface area (Å²) < 4.78 is 0.801. The summed E-state index contributed by atoms with van der Waals surface area (Å²) in [4.78, 5) is 12.0. The number of carbonyl (C=O) groups is 1. The first kappa shape index (κ1) is 16.3. The maximum atomic E-state index is 12.0. The molecule has 2 aromatic rings. The molecule has 1 amide bonds. The van der Waals surface area contributed by atoms with E-state index in [1.54, 1.807) is 0 Å². The predicted molar refractivity (Wildman–Crippen MR) is 95.6 cm³/mol. The number of anilines is 2. The van der Waals surface area contributed by atoms with Crippen LogP contribution in [-0.4, -0.2) is 27.4 Å². The van der Waals surface area contributed by atoms with Crippen LogP contribution in [0.15, 0.2) is 22.5 Å². The third kappa shape index (κ3) is 4.45. The van der Waals surface area contributed by atoms with Crippen LogP contribution in [0.4, 0.5) is 10.8 Å². The second kappa shape index (κ2) is 6.88. The van der Waals surface area contributed by atoms with Crippen LogP contribution in [0.3, 0.4) is 0 Å². The SMILES string of the molecule is Cc1ccc(Nc2nnc(S[C@@H](C)C(=O)NC3CC3)s2)cc1C. The van der Waals surface area contributed by atoms with Gasteiger partial charge in [0.25, 0.3) is 0 Å². The Bertz CT molecular complexity index is 712. The zero-order valence-electron chi connectivity index (χ0n) is 13.4. The van der Waals surface area contributed by atoms with Crippen LogP contribution in [0.2, 0.25) is 0 Å². The molecular formula is C16H20N4OS2. The molecule has 1 aliphatic carbocycles. The third-order valence-electron chi connectivity index (χ3n) is 3.74. The second-order valence-corrected chi connectivity index (χ2v) is 8.41. The molecule has 0 aliphatic heterocycles. The first-order chi connectivity index (χ1) is 11.0. The molecule has 122 valence electrons. The highest BCUT2D eigenvalue weighted by molar-refractivity contribution is 8.02. The van der Waals surface area contributed by atoms with Crippen LogP contribution in [0, 0.1) is 13.8 Å². The molecule has 23 heavy (non-hydrogen) atoms. The Hall–Kier alpha value is -1.60. The molecule has 0 bridgehead atoms. The molecule has 0 unspecified atom stereocenters. The van der Waals surface area contributed by atoms with Crippen molar-refractivity contribution in [2.75, 3.05) is 5.32 Å². The Labute approximate surface area is 144 Å². The number of carbonyl (C=O) groups excluding carboxylic acids is 1. The van der Waals surface area contributed by atoms with Gasteiger partial charge >= 0.3 is 0 Å². The molecule has 5 nitrogen and oxygen atoms in total. The molecule has 2 N–H and O–H groups in total. The van der Waals surface area contributed by atoms with E-state index in [1.807, 2.05) is 13.0 Å². The van der Waals surface area contributed by atoms with Gasteiger partial charge in [0.05, 0.1) is 5.25 Å². The van der Waals surface area contributed by atoms with Gasteiger partial charge in [0.15, 0.2) is 4.34 Å². The number of aromatic nitrogens is 2. The van der Waals surface area contributed by atoms with Crippen molar-refractivity contribution in [3.05, 3.63) is 29.3 Å². The van der Waals surface area contributed by atoms with E-state index in [1.165, 1.54) is 34.2 Å². The molecule has 7 heteroatoms. The van der Waals surface area contributed by atoms with Crippen LogP contribution in [0.25, 0.3) is 0 Å². The summed E-state index contributed by atoms with van der Waals surface area (Å²) in [5.41, 5.74) is 3.50. The number of rotatable bonds is 6. The fourth-order valence-electron chi connectivity index (χ4n) is 2.00. The van der Waals surface area contributed by atoms with Crippen molar-refractivity contribution < 1.29 is 4.79 Å². The first-order valence-electron chi connectivity index (χ1n) is 7.66. The molecule has 1 aromatic heterocycles. The standard InChI is InChI=1S/C16H20N4OS2/c1-9-4-5-13(8-10(9)2)18-15-19-20-16(23-15)22-11(3)14(21)17-12-6-7-12/h4-5,8,11-12H,6-7H2,1-3H3,(H,17,21)(H,18,19)/t11-/m0/s1. The molecule has 1 saturated carbocycles. The molecule has 3 rings (SSSR count). The van der Waals surface area contributed by atoms with Crippen molar-refractivity contribution in [1.82, 2.24) is 15.5 Å². The van der Waals surface area contributed by atoms with Crippen molar-refractivity contribution in [1.29, 1.82) is 0 Å². The molecule has 0 spiro atoms. The first-order valence-corrected chi connectivity index (χ1v) is 9.35. The summed E-state index contributed by atoms with van der Waals surface area (Å²) in [5, 5.41) is 15.2. The van der Waals surface area contributed by atoms with Crippen LogP contribution in [0.1, 0.15) is 30.9 Å². The molecule has 0 radical (unpaired) electrons. The van der Waals surface area contributed by atoms with Gasteiger partial charge in [0.1, 0.15) is 0 Å². The Balaban J connectivity index is 1.58. The summed E-state index contributed by atoms with van der Waals surface area (Å²) in [7, 11) is 0. The van der Waals surface area contributed by atoms with Crippen LogP contribution in [0.5, 0.6) is 0 Å². The van der Waals surface area contributed by atoms with E-state index >= 15 is 0 Å². The maximum absolute atomic E-state index is 12.0.